The Morgan fingerprint density at radius 3 is 3.00 bits per heavy atom. The van der Waals surface area contributed by atoms with Gasteiger partial charge in [-0.25, -0.2) is 0 Å². The summed E-state index contributed by atoms with van der Waals surface area (Å²) in [5.74, 6) is 0.660. The quantitative estimate of drug-likeness (QED) is 0.691. The molecular formula is C9H11N5. The highest BCUT2D eigenvalue weighted by molar-refractivity contribution is 5.43. The van der Waals surface area contributed by atoms with Crippen molar-refractivity contribution in [3.05, 3.63) is 17.8 Å². The number of hydrogen-bond acceptors (Lipinski definition) is 5. The van der Waals surface area contributed by atoms with E-state index in [1.54, 1.807) is 6.07 Å². The average molecular weight is 189 g/mol. The number of hydrogen-bond donors (Lipinski definition) is 2. The highest BCUT2D eigenvalue weighted by Crippen LogP contribution is 2.16. The molecule has 1 aromatic rings. The van der Waals surface area contributed by atoms with Crippen molar-refractivity contribution in [3.8, 4) is 6.07 Å². The minimum absolute atomic E-state index is 0.0444. The molecule has 1 aromatic heterocycles. The molecule has 2 rings (SSSR count). The summed E-state index contributed by atoms with van der Waals surface area (Å²) in [5.41, 5.74) is 0.571. The fourth-order valence-electron chi connectivity index (χ4n) is 1.39. The Balaban J connectivity index is 2.13. The van der Waals surface area contributed by atoms with Crippen LogP contribution in [0.1, 0.15) is 12.5 Å². The van der Waals surface area contributed by atoms with Gasteiger partial charge in [-0.1, -0.05) is 0 Å². The largest absolute Gasteiger partial charge is 0.361 e. The van der Waals surface area contributed by atoms with Crippen LogP contribution in [0.5, 0.6) is 0 Å². The van der Waals surface area contributed by atoms with Gasteiger partial charge in [0.05, 0.1) is 17.3 Å². The summed E-state index contributed by atoms with van der Waals surface area (Å²) in [5, 5.41) is 22.7. The van der Waals surface area contributed by atoms with E-state index < -0.39 is 0 Å². The monoisotopic (exact) mass is 189 g/mol. The standard InChI is InChI=1S/C9H11N5/c1-9(5-11-6-9)13-8-2-7(3-10)4-12-14-8/h2,4,11H,5-6H2,1H3,(H,13,14). The number of anilines is 1. The lowest BCUT2D eigenvalue weighted by Crippen LogP contribution is -2.62. The van der Waals surface area contributed by atoms with E-state index in [0.717, 1.165) is 13.1 Å². The first-order chi connectivity index (χ1) is 6.72. The van der Waals surface area contributed by atoms with Crippen molar-refractivity contribution in [3.63, 3.8) is 0 Å². The van der Waals surface area contributed by atoms with E-state index in [0.29, 0.717) is 11.4 Å². The molecule has 72 valence electrons. The number of rotatable bonds is 2. The first-order valence-electron chi connectivity index (χ1n) is 4.44. The Morgan fingerprint density at radius 2 is 2.43 bits per heavy atom. The highest BCUT2D eigenvalue weighted by Gasteiger charge is 2.31. The van der Waals surface area contributed by atoms with Gasteiger partial charge in [-0.3, -0.25) is 0 Å². The van der Waals surface area contributed by atoms with E-state index in [9.17, 15) is 0 Å². The first kappa shape index (κ1) is 8.91. The van der Waals surface area contributed by atoms with Crippen LogP contribution in [0.4, 0.5) is 5.82 Å². The molecule has 0 amide bonds. The van der Waals surface area contributed by atoms with E-state index in [4.69, 9.17) is 5.26 Å². The van der Waals surface area contributed by atoms with Crippen LogP contribution in [0.15, 0.2) is 12.3 Å². The molecule has 0 bridgehead atoms. The molecule has 1 aliphatic rings. The van der Waals surface area contributed by atoms with Crippen molar-refractivity contribution in [2.24, 2.45) is 0 Å². The van der Waals surface area contributed by atoms with Crippen LogP contribution in [-0.4, -0.2) is 28.8 Å². The molecule has 0 aromatic carbocycles. The van der Waals surface area contributed by atoms with Crippen LogP contribution in [0.25, 0.3) is 0 Å². The summed E-state index contributed by atoms with van der Waals surface area (Å²) in [6, 6.07) is 3.74. The van der Waals surface area contributed by atoms with Crippen molar-refractivity contribution in [2.45, 2.75) is 12.5 Å². The predicted octanol–water partition coefficient (Wildman–Crippen LogP) is 0.122. The van der Waals surface area contributed by atoms with E-state index >= 15 is 0 Å². The molecule has 0 saturated carbocycles. The smallest absolute Gasteiger partial charge is 0.150 e. The van der Waals surface area contributed by atoms with Gasteiger partial charge in [0.1, 0.15) is 11.9 Å². The number of nitrogens with zero attached hydrogens (tertiary/aromatic N) is 3. The third kappa shape index (κ3) is 1.65. The zero-order chi connectivity index (χ0) is 10.0. The zero-order valence-corrected chi connectivity index (χ0v) is 7.91. The van der Waals surface area contributed by atoms with Crippen LogP contribution < -0.4 is 10.6 Å². The lowest BCUT2D eigenvalue weighted by molar-refractivity contribution is 0.337. The zero-order valence-electron chi connectivity index (χ0n) is 7.91. The van der Waals surface area contributed by atoms with Gasteiger partial charge < -0.3 is 10.6 Å². The summed E-state index contributed by atoms with van der Waals surface area (Å²) < 4.78 is 0. The first-order valence-corrected chi connectivity index (χ1v) is 4.44. The van der Waals surface area contributed by atoms with E-state index in [1.165, 1.54) is 6.20 Å². The predicted molar refractivity (Wildman–Crippen MR) is 51.6 cm³/mol. The third-order valence-electron chi connectivity index (χ3n) is 2.24. The van der Waals surface area contributed by atoms with E-state index in [-0.39, 0.29) is 5.54 Å². The molecule has 5 nitrogen and oxygen atoms in total. The van der Waals surface area contributed by atoms with Crippen molar-refractivity contribution >= 4 is 5.82 Å². The molecule has 0 atom stereocenters. The second-order valence-electron chi connectivity index (χ2n) is 3.73. The molecule has 0 spiro atoms. The lowest BCUT2D eigenvalue weighted by atomic mass is 9.95. The fourth-order valence-corrected chi connectivity index (χ4v) is 1.39. The molecule has 5 heteroatoms. The molecule has 1 saturated heterocycles. The summed E-state index contributed by atoms with van der Waals surface area (Å²) >= 11 is 0. The third-order valence-corrected chi connectivity index (χ3v) is 2.24. The Morgan fingerprint density at radius 1 is 1.64 bits per heavy atom. The second-order valence-corrected chi connectivity index (χ2v) is 3.73. The maximum absolute atomic E-state index is 8.67. The summed E-state index contributed by atoms with van der Waals surface area (Å²) in [7, 11) is 0. The van der Waals surface area contributed by atoms with Gasteiger partial charge in [-0.2, -0.15) is 10.4 Å². The minimum Gasteiger partial charge on any atom is -0.361 e. The topological polar surface area (TPSA) is 73.6 Å². The van der Waals surface area contributed by atoms with Gasteiger partial charge in [0.15, 0.2) is 0 Å². The van der Waals surface area contributed by atoms with Gasteiger partial charge >= 0.3 is 0 Å². The molecule has 1 fully saturated rings. The maximum atomic E-state index is 8.67. The van der Waals surface area contributed by atoms with E-state index in [1.807, 2.05) is 6.07 Å². The molecule has 14 heavy (non-hydrogen) atoms. The highest BCUT2D eigenvalue weighted by atomic mass is 15.2. The van der Waals surface area contributed by atoms with Crippen LogP contribution in [0.3, 0.4) is 0 Å². The van der Waals surface area contributed by atoms with Crippen molar-refractivity contribution < 1.29 is 0 Å². The fraction of sp³-hybridized carbons (Fsp3) is 0.444. The van der Waals surface area contributed by atoms with Crippen LogP contribution >= 0.6 is 0 Å². The van der Waals surface area contributed by atoms with Crippen molar-refractivity contribution in [2.75, 3.05) is 18.4 Å². The molecule has 0 unspecified atom stereocenters. The van der Waals surface area contributed by atoms with Crippen molar-refractivity contribution in [1.29, 1.82) is 5.26 Å². The maximum Gasteiger partial charge on any atom is 0.150 e. The summed E-state index contributed by atoms with van der Waals surface area (Å²) in [4.78, 5) is 0. The Hall–Kier alpha value is -1.67. The number of nitriles is 1. The van der Waals surface area contributed by atoms with Crippen molar-refractivity contribution in [1.82, 2.24) is 15.5 Å². The average Bonchev–Trinajstić information content (AvgIpc) is 2.16. The minimum atomic E-state index is 0.0444. The lowest BCUT2D eigenvalue weighted by Gasteiger charge is -2.40. The van der Waals surface area contributed by atoms with Crippen LogP contribution in [-0.2, 0) is 0 Å². The van der Waals surface area contributed by atoms with E-state index in [2.05, 4.69) is 27.8 Å². The second kappa shape index (κ2) is 3.24. The Labute approximate surface area is 82.2 Å². The summed E-state index contributed by atoms with van der Waals surface area (Å²) in [6.07, 6.45) is 1.45. The number of nitrogens with one attached hydrogen (secondary N) is 2. The molecule has 1 aliphatic heterocycles. The van der Waals surface area contributed by atoms with Gasteiger partial charge in [-0.15, -0.1) is 5.10 Å². The van der Waals surface area contributed by atoms with Gasteiger partial charge in [0, 0.05) is 19.2 Å². The van der Waals surface area contributed by atoms with Crippen LogP contribution in [0, 0.1) is 11.3 Å². The molecule has 0 radical (unpaired) electrons. The molecule has 0 aliphatic carbocycles. The Bertz CT molecular complexity index is 377. The number of aromatic nitrogens is 2. The molecule has 2 N–H and O–H groups in total. The van der Waals surface area contributed by atoms with Gasteiger partial charge in [0.2, 0.25) is 0 Å². The Kier molecular flexibility index (Phi) is 2.06. The SMILES string of the molecule is CC1(Nc2cc(C#N)cnn2)CNC1. The van der Waals surface area contributed by atoms with Gasteiger partial charge in [0.25, 0.3) is 0 Å². The molecular weight excluding hydrogens is 178 g/mol. The summed E-state index contributed by atoms with van der Waals surface area (Å²) in [6.45, 7) is 3.92. The normalized spacial score (nSPS) is 18.0. The molecule has 2 heterocycles. The van der Waals surface area contributed by atoms with Gasteiger partial charge in [-0.05, 0) is 6.92 Å². The van der Waals surface area contributed by atoms with Crippen LogP contribution in [0.2, 0.25) is 0 Å².